The van der Waals surface area contributed by atoms with Crippen molar-refractivity contribution >= 4 is 0 Å². The molecule has 0 saturated heterocycles. The first-order valence-corrected chi connectivity index (χ1v) is 5.52. The zero-order valence-electron chi connectivity index (χ0n) is 9.71. The number of rotatable bonds is 4. The van der Waals surface area contributed by atoms with Crippen LogP contribution in [0.5, 0.6) is 5.75 Å². The van der Waals surface area contributed by atoms with E-state index in [1.165, 1.54) is 0 Å². The van der Waals surface area contributed by atoms with Gasteiger partial charge in [-0.3, -0.25) is 0 Å². The van der Waals surface area contributed by atoms with Crippen LogP contribution in [0.3, 0.4) is 0 Å². The lowest BCUT2D eigenvalue weighted by Gasteiger charge is -2.08. The molecule has 2 aromatic rings. The van der Waals surface area contributed by atoms with Crippen LogP contribution in [0.4, 0.5) is 0 Å². The number of para-hydroxylation sites is 1. The molecule has 4 heteroatoms. The molecule has 1 heterocycles. The van der Waals surface area contributed by atoms with Crippen LogP contribution in [0.15, 0.2) is 42.6 Å². The zero-order valence-corrected chi connectivity index (χ0v) is 9.71. The normalized spacial score (nSPS) is 9.44. The van der Waals surface area contributed by atoms with Crippen LogP contribution in [0.25, 0.3) is 0 Å². The Hall–Kier alpha value is -2.72. The summed E-state index contributed by atoms with van der Waals surface area (Å²) in [6.07, 6.45) is 1.83. The molecule has 1 aromatic carbocycles. The molecule has 88 valence electrons. The first-order valence-electron chi connectivity index (χ1n) is 5.52. The summed E-state index contributed by atoms with van der Waals surface area (Å²) in [5.41, 5.74) is 1.12. The Labute approximate surface area is 105 Å². The summed E-state index contributed by atoms with van der Waals surface area (Å²) in [7, 11) is 0. The molecule has 0 aliphatic heterocycles. The Morgan fingerprint density at radius 1 is 1.06 bits per heavy atom. The van der Waals surface area contributed by atoms with Crippen LogP contribution >= 0.6 is 0 Å². The van der Waals surface area contributed by atoms with Gasteiger partial charge in [0.15, 0.2) is 0 Å². The molecule has 0 bridgehead atoms. The van der Waals surface area contributed by atoms with Gasteiger partial charge in [-0.25, -0.2) is 0 Å². The van der Waals surface area contributed by atoms with Gasteiger partial charge in [0, 0.05) is 6.20 Å². The largest absolute Gasteiger partial charge is 0.490 e. The number of aromatic nitrogens is 1. The first kappa shape index (κ1) is 11.8. The highest BCUT2D eigenvalue weighted by molar-refractivity contribution is 5.42. The second-order valence-electron chi connectivity index (χ2n) is 3.66. The Balaban J connectivity index is 1.97. The monoisotopic (exact) mass is 237 g/mol. The Kier molecular flexibility index (Phi) is 3.63. The predicted octanol–water partition coefficient (Wildman–Crippen LogP) is 2.31. The molecule has 0 N–H and O–H groups in total. The van der Waals surface area contributed by atoms with E-state index in [1.807, 2.05) is 22.9 Å². The second-order valence-corrected chi connectivity index (χ2v) is 3.66. The maximum atomic E-state index is 8.91. The zero-order chi connectivity index (χ0) is 12.8. The van der Waals surface area contributed by atoms with E-state index < -0.39 is 0 Å². The molecule has 0 amide bonds. The average Bonchev–Trinajstić information content (AvgIpc) is 2.87. The van der Waals surface area contributed by atoms with Crippen LogP contribution in [0.2, 0.25) is 0 Å². The third-order valence-corrected chi connectivity index (χ3v) is 2.54. The number of ether oxygens (including phenoxy) is 1. The standard InChI is InChI=1S/C14H11N3O/c15-10-12-4-1-2-6-14(12)18-9-8-17-7-3-5-13(17)11-16/h1-7H,8-9H2. The molecule has 0 aliphatic rings. The van der Waals surface area contributed by atoms with Crippen molar-refractivity contribution in [3.63, 3.8) is 0 Å². The summed E-state index contributed by atoms with van der Waals surface area (Å²) in [5, 5.41) is 17.8. The smallest absolute Gasteiger partial charge is 0.137 e. The van der Waals surface area contributed by atoms with Gasteiger partial charge >= 0.3 is 0 Å². The minimum absolute atomic E-state index is 0.419. The number of nitriles is 2. The molecule has 0 fully saturated rings. The molecule has 0 radical (unpaired) electrons. The molecule has 0 unspecified atom stereocenters. The van der Waals surface area contributed by atoms with E-state index in [0.717, 1.165) is 0 Å². The van der Waals surface area contributed by atoms with Crippen molar-refractivity contribution in [1.82, 2.24) is 4.57 Å². The van der Waals surface area contributed by atoms with Crippen LogP contribution in [-0.2, 0) is 6.54 Å². The van der Waals surface area contributed by atoms with E-state index in [9.17, 15) is 0 Å². The maximum Gasteiger partial charge on any atom is 0.137 e. The number of hydrogen-bond acceptors (Lipinski definition) is 3. The van der Waals surface area contributed by atoms with Crippen molar-refractivity contribution in [2.75, 3.05) is 6.61 Å². The van der Waals surface area contributed by atoms with Gasteiger partial charge in [-0.1, -0.05) is 12.1 Å². The van der Waals surface area contributed by atoms with Gasteiger partial charge in [-0.15, -0.1) is 0 Å². The highest BCUT2D eigenvalue weighted by Gasteiger charge is 2.02. The van der Waals surface area contributed by atoms with Gasteiger partial charge in [-0.05, 0) is 24.3 Å². The molecule has 1 aromatic heterocycles. The van der Waals surface area contributed by atoms with E-state index in [4.69, 9.17) is 15.3 Å². The second kappa shape index (κ2) is 5.56. The highest BCUT2D eigenvalue weighted by Crippen LogP contribution is 2.16. The minimum Gasteiger partial charge on any atom is -0.490 e. The third kappa shape index (κ3) is 2.50. The van der Waals surface area contributed by atoms with E-state index in [2.05, 4.69) is 12.1 Å². The highest BCUT2D eigenvalue weighted by atomic mass is 16.5. The van der Waals surface area contributed by atoms with Crippen molar-refractivity contribution in [1.29, 1.82) is 10.5 Å². The van der Waals surface area contributed by atoms with Gasteiger partial charge < -0.3 is 9.30 Å². The Morgan fingerprint density at radius 2 is 1.89 bits per heavy atom. The number of nitrogens with zero attached hydrogens (tertiary/aromatic N) is 3. The lowest BCUT2D eigenvalue weighted by atomic mass is 10.2. The first-order chi connectivity index (χ1) is 8.85. The summed E-state index contributed by atoms with van der Waals surface area (Å²) in [4.78, 5) is 0. The van der Waals surface area contributed by atoms with Crippen molar-refractivity contribution in [2.24, 2.45) is 0 Å². The van der Waals surface area contributed by atoms with E-state index in [-0.39, 0.29) is 0 Å². The summed E-state index contributed by atoms with van der Waals surface area (Å²) in [6, 6.07) is 14.9. The third-order valence-electron chi connectivity index (χ3n) is 2.54. The van der Waals surface area contributed by atoms with Crippen LogP contribution < -0.4 is 4.74 Å². The van der Waals surface area contributed by atoms with Gasteiger partial charge in [0.2, 0.25) is 0 Å². The summed E-state index contributed by atoms with van der Waals surface area (Å²) < 4.78 is 7.36. The summed E-state index contributed by atoms with van der Waals surface area (Å²) in [5.74, 6) is 0.575. The quantitative estimate of drug-likeness (QED) is 0.819. The van der Waals surface area contributed by atoms with E-state index >= 15 is 0 Å². The van der Waals surface area contributed by atoms with Crippen LogP contribution in [-0.4, -0.2) is 11.2 Å². The lowest BCUT2D eigenvalue weighted by Crippen LogP contribution is -2.09. The molecule has 0 atom stereocenters. The fourth-order valence-electron chi connectivity index (χ4n) is 1.65. The van der Waals surface area contributed by atoms with Crippen LogP contribution in [0.1, 0.15) is 11.3 Å². The lowest BCUT2D eigenvalue weighted by molar-refractivity contribution is 0.297. The fraction of sp³-hybridized carbons (Fsp3) is 0.143. The molecule has 2 rings (SSSR count). The Bertz CT molecular complexity index is 616. The SMILES string of the molecule is N#Cc1ccccc1OCCn1cccc1C#N. The van der Waals surface area contributed by atoms with Crippen molar-refractivity contribution < 1.29 is 4.74 Å². The molecule has 4 nitrogen and oxygen atoms in total. The summed E-state index contributed by atoms with van der Waals surface area (Å²) in [6.45, 7) is 0.998. The van der Waals surface area contributed by atoms with E-state index in [1.54, 1.807) is 24.3 Å². The molecule has 0 aliphatic carbocycles. The molecular formula is C14H11N3O. The van der Waals surface area contributed by atoms with Crippen molar-refractivity contribution in [2.45, 2.75) is 6.54 Å². The van der Waals surface area contributed by atoms with Crippen molar-refractivity contribution in [3.8, 4) is 17.9 Å². The van der Waals surface area contributed by atoms with Crippen molar-refractivity contribution in [3.05, 3.63) is 53.9 Å². The maximum absolute atomic E-state index is 8.91. The number of hydrogen-bond donors (Lipinski definition) is 0. The molecule has 0 spiro atoms. The Morgan fingerprint density at radius 3 is 2.67 bits per heavy atom. The van der Waals surface area contributed by atoms with Gasteiger partial charge in [-0.2, -0.15) is 10.5 Å². The van der Waals surface area contributed by atoms with Gasteiger partial charge in [0.1, 0.15) is 30.2 Å². The summed E-state index contributed by atoms with van der Waals surface area (Å²) >= 11 is 0. The minimum atomic E-state index is 0.419. The van der Waals surface area contributed by atoms with E-state index in [0.29, 0.717) is 30.2 Å². The van der Waals surface area contributed by atoms with Gasteiger partial charge in [0.05, 0.1) is 12.1 Å². The predicted molar refractivity (Wildman–Crippen MR) is 65.8 cm³/mol. The van der Waals surface area contributed by atoms with Gasteiger partial charge in [0.25, 0.3) is 0 Å². The molecule has 18 heavy (non-hydrogen) atoms. The molecular weight excluding hydrogens is 226 g/mol. The number of benzene rings is 1. The fourth-order valence-corrected chi connectivity index (χ4v) is 1.65. The topological polar surface area (TPSA) is 61.7 Å². The average molecular weight is 237 g/mol. The molecule has 0 saturated carbocycles. The van der Waals surface area contributed by atoms with Crippen LogP contribution in [0, 0.1) is 22.7 Å².